The second-order valence-electron chi connectivity index (χ2n) is 6.69. The van der Waals surface area contributed by atoms with E-state index >= 15 is 0 Å². The summed E-state index contributed by atoms with van der Waals surface area (Å²) >= 11 is 0. The van der Waals surface area contributed by atoms with E-state index in [0.717, 1.165) is 6.54 Å². The van der Waals surface area contributed by atoms with Crippen molar-refractivity contribution in [1.29, 1.82) is 0 Å². The van der Waals surface area contributed by atoms with Crippen molar-refractivity contribution in [1.82, 2.24) is 5.32 Å². The van der Waals surface area contributed by atoms with Crippen molar-refractivity contribution in [3.63, 3.8) is 0 Å². The molecule has 1 aromatic rings. The van der Waals surface area contributed by atoms with Gasteiger partial charge in [-0.15, -0.1) is 0 Å². The zero-order chi connectivity index (χ0) is 13.8. The van der Waals surface area contributed by atoms with Crippen LogP contribution in [0.5, 0.6) is 0 Å². The SMILES string of the molecule is C1=CC2C(C=C1)C1Cc3ccccc3N1CC1C=CNC12. The number of hydrogen-bond donors (Lipinski definition) is 1. The Morgan fingerprint density at radius 3 is 2.81 bits per heavy atom. The quantitative estimate of drug-likeness (QED) is 0.784. The molecule has 0 radical (unpaired) electrons. The van der Waals surface area contributed by atoms with Crippen molar-refractivity contribution in [3.8, 4) is 0 Å². The predicted molar refractivity (Wildman–Crippen MR) is 86.1 cm³/mol. The molecule has 1 N–H and O–H groups in total. The first-order valence-corrected chi connectivity index (χ1v) is 8.04. The maximum Gasteiger partial charge on any atom is 0.0405 e. The number of fused-ring (bicyclic) bond motifs is 7. The highest BCUT2D eigenvalue weighted by molar-refractivity contribution is 5.60. The number of nitrogens with one attached hydrogen (secondary N) is 1. The number of hydrogen-bond acceptors (Lipinski definition) is 2. The van der Waals surface area contributed by atoms with Gasteiger partial charge >= 0.3 is 0 Å². The van der Waals surface area contributed by atoms with E-state index in [1.165, 1.54) is 17.7 Å². The van der Waals surface area contributed by atoms with Gasteiger partial charge in [0.25, 0.3) is 0 Å². The van der Waals surface area contributed by atoms with Crippen LogP contribution in [0.3, 0.4) is 0 Å². The molecule has 0 saturated carbocycles. The van der Waals surface area contributed by atoms with Crippen LogP contribution in [-0.4, -0.2) is 18.6 Å². The van der Waals surface area contributed by atoms with E-state index in [4.69, 9.17) is 0 Å². The summed E-state index contributed by atoms with van der Waals surface area (Å²) < 4.78 is 0. The van der Waals surface area contributed by atoms with Gasteiger partial charge in [-0.25, -0.2) is 0 Å². The molecule has 0 aromatic heterocycles. The minimum absolute atomic E-state index is 0.564. The van der Waals surface area contributed by atoms with Gasteiger partial charge in [-0.2, -0.15) is 0 Å². The lowest BCUT2D eigenvalue weighted by Gasteiger charge is -2.34. The lowest BCUT2D eigenvalue weighted by atomic mass is 9.76. The Morgan fingerprint density at radius 1 is 1.00 bits per heavy atom. The maximum atomic E-state index is 3.62. The molecule has 3 aliphatic heterocycles. The van der Waals surface area contributed by atoms with Gasteiger partial charge in [0.15, 0.2) is 0 Å². The Balaban J connectivity index is 1.62. The zero-order valence-electron chi connectivity index (χ0n) is 12.0. The van der Waals surface area contributed by atoms with Crippen molar-refractivity contribution in [3.05, 3.63) is 66.4 Å². The molecule has 0 bridgehead atoms. The van der Waals surface area contributed by atoms with E-state index in [0.29, 0.717) is 29.8 Å². The van der Waals surface area contributed by atoms with Crippen molar-refractivity contribution in [2.75, 3.05) is 11.4 Å². The molecule has 0 amide bonds. The van der Waals surface area contributed by atoms with Gasteiger partial charge in [0.05, 0.1) is 0 Å². The van der Waals surface area contributed by atoms with Gasteiger partial charge in [0.1, 0.15) is 0 Å². The van der Waals surface area contributed by atoms with Crippen LogP contribution < -0.4 is 10.2 Å². The van der Waals surface area contributed by atoms with Crippen molar-refractivity contribution in [2.24, 2.45) is 17.8 Å². The van der Waals surface area contributed by atoms with Crippen molar-refractivity contribution < 1.29 is 0 Å². The summed E-state index contributed by atoms with van der Waals surface area (Å²) in [6.07, 6.45) is 15.1. The Morgan fingerprint density at radius 2 is 1.86 bits per heavy atom. The summed E-state index contributed by atoms with van der Waals surface area (Å²) in [5, 5.41) is 3.62. The standard InChI is InChI=1S/C19H20N2/c1-4-8-17-13(5-1)11-18-15-6-2-3-7-16(15)19-14(9-10-20-19)12-21(17)18/h1-10,14-16,18-20H,11-12H2. The highest BCUT2D eigenvalue weighted by atomic mass is 15.2. The zero-order valence-corrected chi connectivity index (χ0v) is 12.0. The molecular formula is C19H20N2. The average molecular weight is 276 g/mol. The predicted octanol–water partition coefficient (Wildman–Crippen LogP) is 2.89. The summed E-state index contributed by atoms with van der Waals surface area (Å²) in [4.78, 5) is 2.68. The van der Waals surface area contributed by atoms with Gasteiger partial charge in [0, 0.05) is 42.1 Å². The number of rotatable bonds is 0. The molecular weight excluding hydrogens is 256 g/mol. The van der Waals surface area contributed by atoms with E-state index in [1.54, 1.807) is 0 Å². The second kappa shape index (κ2) is 4.27. The van der Waals surface area contributed by atoms with Crippen LogP contribution in [0.4, 0.5) is 5.69 Å². The fraction of sp³-hybridized carbons (Fsp3) is 0.368. The molecule has 106 valence electrons. The topological polar surface area (TPSA) is 15.3 Å². The molecule has 1 aliphatic carbocycles. The minimum Gasteiger partial charge on any atom is -0.387 e. The van der Waals surface area contributed by atoms with Crippen LogP contribution in [0.15, 0.2) is 60.8 Å². The van der Waals surface area contributed by atoms with Crippen LogP contribution in [0.2, 0.25) is 0 Å². The van der Waals surface area contributed by atoms with Gasteiger partial charge in [-0.05, 0) is 24.3 Å². The average Bonchev–Trinajstić information content (AvgIpc) is 3.10. The van der Waals surface area contributed by atoms with E-state index < -0.39 is 0 Å². The smallest absolute Gasteiger partial charge is 0.0405 e. The molecule has 5 atom stereocenters. The Bertz CT molecular complexity index is 657. The summed E-state index contributed by atoms with van der Waals surface area (Å²) in [6.45, 7) is 1.14. The highest BCUT2D eigenvalue weighted by Gasteiger charge is 2.46. The molecule has 0 spiro atoms. The summed E-state index contributed by atoms with van der Waals surface area (Å²) in [5.41, 5.74) is 2.99. The third-order valence-electron chi connectivity index (χ3n) is 5.71. The van der Waals surface area contributed by atoms with Crippen LogP contribution in [0, 0.1) is 17.8 Å². The van der Waals surface area contributed by atoms with E-state index in [1.807, 2.05) is 0 Å². The molecule has 1 fully saturated rings. The fourth-order valence-electron chi connectivity index (χ4n) is 4.77. The molecule has 2 nitrogen and oxygen atoms in total. The molecule has 21 heavy (non-hydrogen) atoms. The largest absolute Gasteiger partial charge is 0.387 e. The Kier molecular flexibility index (Phi) is 2.37. The number of allylic oxidation sites excluding steroid dienone is 2. The molecule has 5 unspecified atom stereocenters. The Hall–Kier alpha value is -1.96. The lowest BCUT2D eigenvalue weighted by molar-refractivity contribution is 0.328. The minimum atomic E-state index is 0.564. The number of anilines is 1. The fourth-order valence-corrected chi connectivity index (χ4v) is 4.77. The normalized spacial score (nSPS) is 38.3. The van der Waals surface area contributed by atoms with Crippen LogP contribution >= 0.6 is 0 Å². The lowest BCUT2D eigenvalue weighted by Crippen LogP contribution is -2.41. The van der Waals surface area contributed by atoms with Gasteiger partial charge in [-0.3, -0.25) is 0 Å². The highest BCUT2D eigenvalue weighted by Crippen LogP contribution is 2.44. The van der Waals surface area contributed by atoms with E-state index in [2.05, 4.69) is 71.1 Å². The second-order valence-corrected chi connectivity index (χ2v) is 6.69. The first-order valence-electron chi connectivity index (χ1n) is 8.04. The van der Waals surface area contributed by atoms with Crippen LogP contribution in [-0.2, 0) is 6.42 Å². The number of nitrogens with zero attached hydrogens (tertiary/aromatic N) is 1. The van der Waals surface area contributed by atoms with E-state index in [-0.39, 0.29) is 0 Å². The van der Waals surface area contributed by atoms with Crippen molar-refractivity contribution >= 4 is 5.69 Å². The maximum absolute atomic E-state index is 3.62. The number of para-hydroxylation sites is 1. The van der Waals surface area contributed by atoms with Crippen molar-refractivity contribution in [2.45, 2.75) is 18.5 Å². The molecule has 4 aliphatic rings. The van der Waals surface area contributed by atoms with Gasteiger partial charge in [-0.1, -0.05) is 48.6 Å². The monoisotopic (exact) mass is 276 g/mol. The molecule has 1 saturated heterocycles. The third kappa shape index (κ3) is 1.59. The first-order chi connectivity index (χ1) is 10.4. The summed E-state index contributed by atoms with van der Waals surface area (Å²) in [6, 6.07) is 10.2. The summed E-state index contributed by atoms with van der Waals surface area (Å²) in [7, 11) is 0. The molecule has 3 heterocycles. The molecule has 1 aromatic carbocycles. The van der Waals surface area contributed by atoms with Gasteiger partial charge < -0.3 is 10.2 Å². The molecule has 2 heteroatoms. The van der Waals surface area contributed by atoms with E-state index in [9.17, 15) is 0 Å². The Labute approximate surface area is 125 Å². The van der Waals surface area contributed by atoms with Crippen LogP contribution in [0.25, 0.3) is 0 Å². The van der Waals surface area contributed by atoms with Gasteiger partial charge in [0.2, 0.25) is 0 Å². The summed E-state index contributed by atoms with van der Waals surface area (Å²) in [5.74, 6) is 1.84. The third-order valence-corrected chi connectivity index (χ3v) is 5.71. The first kappa shape index (κ1) is 11.7. The number of benzene rings is 1. The molecule has 5 rings (SSSR count). The van der Waals surface area contributed by atoms with Crippen LogP contribution in [0.1, 0.15) is 5.56 Å².